The molecule has 0 unspecified atom stereocenters. The van der Waals surface area contributed by atoms with Gasteiger partial charge in [-0.2, -0.15) is 0 Å². The summed E-state index contributed by atoms with van der Waals surface area (Å²) >= 11 is 0. The summed E-state index contributed by atoms with van der Waals surface area (Å²) in [6, 6.07) is 16.2. The highest BCUT2D eigenvalue weighted by atomic mass is 16.3. The fourth-order valence-corrected chi connectivity index (χ4v) is 8.50. The third-order valence-corrected chi connectivity index (χ3v) is 10.5. The molecule has 4 N–H and O–H groups in total. The molecule has 46 heavy (non-hydrogen) atoms. The first-order valence-corrected chi connectivity index (χ1v) is 15.7. The summed E-state index contributed by atoms with van der Waals surface area (Å²) in [5, 5.41) is 49.1. The molecule has 7 nitrogen and oxygen atoms in total. The number of aromatic hydroxyl groups is 1. The van der Waals surface area contributed by atoms with Crippen molar-refractivity contribution in [3.63, 3.8) is 0 Å². The molecule has 0 bridgehead atoms. The number of fused-ring (bicyclic) bond motifs is 4. The largest absolute Gasteiger partial charge is 0.508 e. The van der Waals surface area contributed by atoms with Crippen molar-refractivity contribution in [2.45, 2.75) is 78.2 Å². The van der Waals surface area contributed by atoms with Crippen molar-refractivity contribution in [1.29, 1.82) is 0 Å². The van der Waals surface area contributed by atoms with E-state index >= 15 is 0 Å². The van der Waals surface area contributed by atoms with E-state index < -0.39 is 50.9 Å². The number of carbonyl (C=O) groups excluding carboxylic acids is 3. The van der Waals surface area contributed by atoms with Crippen LogP contribution in [-0.2, 0) is 33.6 Å². The molecular weight excluding hydrogens is 580 g/mol. The highest BCUT2D eigenvalue weighted by Gasteiger charge is 2.68. The highest BCUT2D eigenvalue weighted by Crippen LogP contribution is 2.63. The molecule has 0 radical (unpaired) electrons. The SMILES string of the molecule is C=C(Cc1cc(C(C)C)c2c(c1O)C(O)=C1C(=O)[C@@]3(O)C(O)=C(C(C)=O)C(=O)C[C@@]3(C)C[C@@]1(C)C2)Cc1cccc2ccccc12. The number of allylic oxidation sites excluding steroid dienone is 2. The van der Waals surface area contributed by atoms with E-state index in [-0.39, 0.29) is 42.1 Å². The Morgan fingerprint density at radius 3 is 2.28 bits per heavy atom. The zero-order valence-electron chi connectivity index (χ0n) is 27.0. The van der Waals surface area contributed by atoms with Gasteiger partial charge in [-0.25, -0.2) is 0 Å². The van der Waals surface area contributed by atoms with Crippen molar-refractivity contribution in [2.24, 2.45) is 10.8 Å². The number of phenols is 1. The molecule has 1 fully saturated rings. The Balaban J connectivity index is 1.47. The molecule has 0 aromatic heterocycles. The Labute approximate surface area is 268 Å². The van der Waals surface area contributed by atoms with Crippen LogP contribution in [0.5, 0.6) is 5.75 Å². The number of carbonyl (C=O) groups is 3. The summed E-state index contributed by atoms with van der Waals surface area (Å²) < 4.78 is 0. The maximum absolute atomic E-state index is 14.4. The van der Waals surface area contributed by atoms with E-state index in [4.69, 9.17) is 0 Å². The number of Topliss-reactive ketones (excluding diaryl/α,β-unsaturated/α-hetero) is 3. The number of ketones is 3. The standard InChI is InChI=1S/C39H40O7/c1-20(2)27-16-25(15-21(3)14-24-12-9-11-23-10-7-8-13-26(23)24)33(42)31-28(27)17-37(5)19-38(6)18-29(41)30(22(4)40)35(44)39(38,46)36(45)32(37)34(31)43/h7-13,16,20,42-44,46H,3,14-15,17-19H2,1-2,4-6H3/t37-,38+,39+/m1/s1. The lowest BCUT2D eigenvalue weighted by Crippen LogP contribution is -2.65. The van der Waals surface area contributed by atoms with E-state index in [9.17, 15) is 34.8 Å². The van der Waals surface area contributed by atoms with Gasteiger partial charge in [0.2, 0.25) is 5.78 Å². The Kier molecular flexibility index (Phi) is 7.21. The van der Waals surface area contributed by atoms with E-state index in [0.717, 1.165) is 34.4 Å². The number of aliphatic hydroxyl groups is 3. The van der Waals surface area contributed by atoms with Gasteiger partial charge >= 0.3 is 0 Å². The first kappa shape index (κ1) is 31.5. The quantitative estimate of drug-likeness (QED) is 0.174. The van der Waals surface area contributed by atoms with Gasteiger partial charge in [0.1, 0.15) is 22.8 Å². The maximum Gasteiger partial charge on any atom is 0.203 e. The van der Waals surface area contributed by atoms with Crippen LogP contribution in [0.25, 0.3) is 16.5 Å². The summed E-state index contributed by atoms with van der Waals surface area (Å²) in [5.41, 5.74) is -1.51. The van der Waals surface area contributed by atoms with Crippen LogP contribution in [0.15, 0.2) is 77.6 Å². The molecule has 0 spiro atoms. The third-order valence-electron chi connectivity index (χ3n) is 10.5. The third kappa shape index (κ3) is 4.39. The second kappa shape index (κ2) is 10.5. The first-order valence-electron chi connectivity index (χ1n) is 15.7. The number of hydrogen-bond acceptors (Lipinski definition) is 7. The zero-order chi connectivity index (χ0) is 33.5. The second-order valence-electron chi connectivity index (χ2n) is 14.3. The molecule has 3 aromatic carbocycles. The molecule has 238 valence electrons. The van der Waals surface area contributed by atoms with Gasteiger partial charge in [-0.05, 0) is 71.6 Å². The lowest BCUT2D eigenvalue weighted by atomic mass is 9.47. The summed E-state index contributed by atoms with van der Waals surface area (Å²) in [6.07, 6.45) is 0.919. The number of benzene rings is 3. The average molecular weight is 621 g/mol. The lowest BCUT2D eigenvalue weighted by Gasteiger charge is -2.56. The monoisotopic (exact) mass is 620 g/mol. The van der Waals surface area contributed by atoms with Gasteiger partial charge in [0.25, 0.3) is 0 Å². The van der Waals surface area contributed by atoms with E-state index in [2.05, 4.69) is 30.8 Å². The van der Waals surface area contributed by atoms with Crippen molar-refractivity contribution < 1.29 is 34.8 Å². The molecule has 3 aliphatic rings. The molecular formula is C39H40O7. The lowest BCUT2D eigenvalue weighted by molar-refractivity contribution is -0.164. The molecule has 1 saturated carbocycles. The smallest absolute Gasteiger partial charge is 0.203 e. The van der Waals surface area contributed by atoms with Gasteiger partial charge in [-0.15, -0.1) is 0 Å². The Morgan fingerprint density at radius 2 is 1.61 bits per heavy atom. The second-order valence-corrected chi connectivity index (χ2v) is 14.3. The number of phenolic OH excluding ortho intramolecular Hbond substituents is 1. The van der Waals surface area contributed by atoms with Crippen LogP contribution in [0.1, 0.15) is 81.2 Å². The highest BCUT2D eigenvalue weighted by molar-refractivity contribution is 6.23. The van der Waals surface area contributed by atoms with E-state index in [1.165, 1.54) is 0 Å². The molecule has 7 heteroatoms. The minimum absolute atomic E-state index is 0.00514. The van der Waals surface area contributed by atoms with E-state index in [1.807, 2.05) is 38.1 Å². The van der Waals surface area contributed by atoms with Crippen LogP contribution in [0.4, 0.5) is 0 Å². The Morgan fingerprint density at radius 1 is 0.957 bits per heavy atom. The van der Waals surface area contributed by atoms with Crippen LogP contribution in [0, 0.1) is 10.8 Å². The van der Waals surface area contributed by atoms with Crippen molar-refractivity contribution in [1.82, 2.24) is 0 Å². The topological polar surface area (TPSA) is 132 Å². The summed E-state index contributed by atoms with van der Waals surface area (Å²) in [7, 11) is 0. The molecule has 0 aliphatic heterocycles. The van der Waals surface area contributed by atoms with Crippen LogP contribution in [0.3, 0.4) is 0 Å². The summed E-state index contributed by atoms with van der Waals surface area (Å²) in [5.74, 6) is -3.94. The number of hydrogen-bond donors (Lipinski definition) is 4. The average Bonchev–Trinajstić information content (AvgIpc) is 2.96. The van der Waals surface area contributed by atoms with E-state index in [0.29, 0.717) is 24.0 Å². The predicted molar refractivity (Wildman–Crippen MR) is 177 cm³/mol. The van der Waals surface area contributed by atoms with Crippen molar-refractivity contribution in [2.75, 3.05) is 0 Å². The van der Waals surface area contributed by atoms with Gasteiger partial charge in [0.05, 0.1) is 5.56 Å². The molecule has 0 saturated heterocycles. The van der Waals surface area contributed by atoms with Crippen molar-refractivity contribution in [3.8, 4) is 5.75 Å². The molecule has 6 rings (SSSR count). The molecule has 3 atom stereocenters. The minimum atomic E-state index is -2.59. The fourth-order valence-electron chi connectivity index (χ4n) is 8.50. The van der Waals surface area contributed by atoms with Gasteiger partial charge in [-0.3, -0.25) is 14.4 Å². The molecule has 3 aliphatic carbocycles. The normalized spacial score (nSPS) is 25.9. The van der Waals surface area contributed by atoms with Gasteiger partial charge in [0, 0.05) is 22.8 Å². The van der Waals surface area contributed by atoms with Crippen LogP contribution in [-0.4, -0.2) is 43.4 Å². The maximum atomic E-state index is 14.4. The zero-order valence-corrected chi connectivity index (χ0v) is 27.0. The number of aliphatic hydroxyl groups excluding tert-OH is 2. The molecule has 0 amide bonds. The Bertz CT molecular complexity index is 1950. The van der Waals surface area contributed by atoms with Gasteiger partial charge in [0.15, 0.2) is 17.2 Å². The van der Waals surface area contributed by atoms with Crippen molar-refractivity contribution in [3.05, 3.63) is 105 Å². The molecule has 3 aromatic rings. The minimum Gasteiger partial charge on any atom is -0.508 e. The summed E-state index contributed by atoms with van der Waals surface area (Å²) in [6.45, 7) is 12.8. The van der Waals surface area contributed by atoms with Crippen molar-refractivity contribution >= 4 is 33.9 Å². The Hall–Kier alpha value is -4.49. The number of rotatable bonds is 6. The fraction of sp³-hybridized carbons (Fsp3) is 0.359. The predicted octanol–water partition coefficient (Wildman–Crippen LogP) is 6.93. The van der Waals surface area contributed by atoms with Gasteiger partial charge in [-0.1, -0.05) is 88.4 Å². The summed E-state index contributed by atoms with van der Waals surface area (Å²) in [4.78, 5) is 39.7. The van der Waals surface area contributed by atoms with Gasteiger partial charge < -0.3 is 20.4 Å². The van der Waals surface area contributed by atoms with Crippen LogP contribution >= 0.6 is 0 Å². The van der Waals surface area contributed by atoms with Crippen LogP contribution < -0.4 is 0 Å². The van der Waals surface area contributed by atoms with E-state index in [1.54, 1.807) is 13.8 Å². The van der Waals surface area contributed by atoms with Crippen LogP contribution in [0.2, 0.25) is 0 Å². The molecule has 0 heterocycles. The first-order chi connectivity index (χ1) is 21.5.